The van der Waals surface area contributed by atoms with Gasteiger partial charge in [-0.3, -0.25) is 0 Å². The van der Waals surface area contributed by atoms with Crippen molar-refractivity contribution in [2.45, 2.75) is 33.1 Å². The van der Waals surface area contributed by atoms with Crippen molar-refractivity contribution in [2.75, 3.05) is 0 Å². The van der Waals surface area contributed by atoms with Crippen LogP contribution >= 0.6 is 0 Å². The van der Waals surface area contributed by atoms with Crippen molar-refractivity contribution in [3.63, 3.8) is 0 Å². The van der Waals surface area contributed by atoms with Gasteiger partial charge in [-0.15, -0.1) is 0 Å². The number of carboxylic acid groups (broad SMARTS) is 1. The Labute approximate surface area is 112 Å². The van der Waals surface area contributed by atoms with Crippen LogP contribution in [-0.2, 0) is 6.42 Å². The van der Waals surface area contributed by atoms with E-state index in [1.165, 1.54) is 11.8 Å². The Balaban J connectivity index is 2.44. The molecule has 1 heterocycles. The highest BCUT2D eigenvalue weighted by Gasteiger charge is 2.15. The maximum Gasteiger partial charge on any atom is 0.339 e. The lowest BCUT2D eigenvalue weighted by molar-refractivity contribution is 0.0695. The second-order valence-electron chi connectivity index (χ2n) is 4.82. The van der Waals surface area contributed by atoms with E-state index in [1.54, 1.807) is 4.68 Å². The number of hydrogen-bond acceptors (Lipinski definition) is 2. The van der Waals surface area contributed by atoms with E-state index in [-0.39, 0.29) is 5.56 Å². The first kappa shape index (κ1) is 13.3. The molecule has 1 aromatic carbocycles. The summed E-state index contributed by atoms with van der Waals surface area (Å²) < 4.78 is 1.70. The summed E-state index contributed by atoms with van der Waals surface area (Å²) >= 11 is 0. The molecule has 0 unspecified atom stereocenters. The first-order chi connectivity index (χ1) is 9.04. The molecule has 0 saturated heterocycles. The fraction of sp³-hybridized carbons (Fsp3) is 0.333. The molecule has 0 amide bonds. The zero-order valence-electron chi connectivity index (χ0n) is 11.4. The van der Waals surface area contributed by atoms with Crippen LogP contribution in [0.2, 0.25) is 0 Å². The van der Waals surface area contributed by atoms with Crippen LogP contribution in [0.25, 0.3) is 5.69 Å². The molecule has 2 rings (SSSR count). The third kappa shape index (κ3) is 2.52. The summed E-state index contributed by atoms with van der Waals surface area (Å²) in [5.41, 5.74) is 3.15. The molecule has 1 N–H and O–H groups in total. The Morgan fingerprint density at radius 3 is 2.42 bits per heavy atom. The van der Waals surface area contributed by atoms with Crippen molar-refractivity contribution in [2.24, 2.45) is 0 Å². The van der Waals surface area contributed by atoms with Crippen LogP contribution in [0.3, 0.4) is 0 Å². The van der Waals surface area contributed by atoms with Crippen molar-refractivity contribution in [3.8, 4) is 5.69 Å². The van der Waals surface area contributed by atoms with E-state index in [0.29, 0.717) is 12.3 Å². The van der Waals surface area contributed by atoms with E-state index in [0.717, 1.165) is 11.4 Å². The van der Waals surface area contributed by atoms with Crippen molar-refractivity contribution >= 4 is 5.97 Å². The minimum atomic E-state index is -0.929. The van der Waals surface area contributed by atoms with Gasteiger partial charge in [-0.2, -0.15) is 5.10 Å². The van der Waals surface area contributed by atoms with Crippen molar-refractivity contribution in [1.29, 1.82) is 0 Å². The molecule has 0 radical (unpaired) electrons. The van der Waals surface area contributed by atoms with E-state index in [9.17, 15) is 4.79 Å². The largest absolute Gasteiger partial charge is 0.478 e. The highest BCUT2D eigenvalue weighted by atomic mass is 16.4. The summed E-state index contributed by atoms with van der Waals surface area (Å²) in [5, 5.41) is 13.3. The van der Waals surface area contributed by atoms with Gasteiger partial charge >= 0.3 is 5.97 Å². The van der Waals surface area contributed by atoms with Crippen LogP contribution in [0.4, 0.5) is 0 Å². The number of aromatic carboxylic acids is 1. The van der Waals surface area contributed by atoms with Crippen molar-refractivity contribution in [3.05, 3.63) is 47.3 Å². The average molecular weight is 258 g/mol. The molecule has 0 saturated carbocycles. The van der Waals surface area contributed by atoms with E-state index < -0.39 is 5.97 Å². The topological polar surface area (TPSA) is 55.1 Å². The van der Waals surface area contributed by atoms with Crippen LogP contribution < -0.4 is 0 Å². The smallest absolute Gasteiger partial charge is 0.339 e. The monoisotopic (exact) mass is 258 g/mol. The Kier molecular flexibility index (Phi) is 3.69. The Hall–Kier alpha value is -2.10. The summed E-state index contributed by atoms with van der Waals surface area (Å²) in [4.78, 5) is 11.1. The summed E-state index contributed by atoms with van der Waals surface area (Å²) in [6, 6.07) is 8.07. The third-order valence-corrected chi connectivity index (χ3v) is 3.24. The van der Waals surface area contributed by atoms with Gasteiger partial charge in [0.2, 0.25) is 0 Å². The molecule has 100 valence electrons. The van der Waals surface area contributed by atoms with Crippen LogP contribution in [0.15, 0.2) is 30.5 Å². The second kappa shape index (κ2) is 5.26. The van der Waals surface area contributed by atoms with E-state index in [4.69, 9.17) is 5.11 Å². The van der Waals surface area contributed by atoms with Crippen LogP contribution in [-0.4, -0.2) is 20.9 Å². The minimum Gasteiger partial charge on any atom is -0.478 e. The zero-order valence-corrected chi connectivity index (χ0v) is 11.4. The van der Waals surface area contributed by atoms with Crippen LogP contribution in [0.5, 0.6) is 0 Å². The van der Waals surface area contributed by atoms with Gasteiger partial charge in [0, 0.05) is 0 Å². The third-order valence-electron chi connectivity index (χ3n) is 3.24. The summed E-state index contributed by atoms with van der Waals surface area (Å²) in [5.74, 6) is -0.450. The lowest BCUT2D eigenvalue weighted by Gasteiger charge is -2.09. The molecule has 2 aromatic rings. The van der Waals surface area contributed by atoms with Crippen LogP contribution in [0, 0.1) is 0 Å². The molecule has 0 aliphatic carbocycles. The Morgan fingerprint density at radius 2 is 1.95 bits per heavy atom. The summed E-state index contributed by atoms with van der Waals surface area (Å²) in [6.45, 7) is 6.22. The minimum absolute atomic E-state index is 0.274. The molecule has 1 aromatic heterocycles. The molecular weight excluding hydrogens is 240 g/mol. The van der Waals surface area contributed by atoms with E-state index in [1.807, 2.05) is 19.1 Å². The molecule has 0 spiro atoms. The maximum absolute atomic E-state index is 11.1. The average Bonchev–Trinajstić information content (AvgIpc) is 2.82. The first-order valence-electron chi connectivity index (χ1n) is 6.45. The number of rotatable bonds is 4. The van der Waals surface area contributed by atoms with Gasteiger partial charge in [0.05, 0.1) is 17.6 Å². The number of carboxylic acids is 1. The highest BCUT2D eigenvalue weighted by Crippen LogP contribution is 2.19. The number of hydrogen-bond donors (Lipinski definition) is 1. The molecule has 0 aliphatic rings. The first-order valence-corrected chi connectivity index (χ1v) is 6.45. The van der Waals surface area contributed by atoms with Crippen molar-refractivity contribution in [1.82, 2.24) is 9.78 Å². The van der Waals surface area contributed by atoms with E-state index in [2.05, 4.69) is 31.1 Å². The SMILES string of the molecule is CCc1c(C(=O)O)cnn1-c1ccc(C(C)C)cc1. The maximum atomic E-state index is 11.1. The predicted octanol–water partition coefficient (Wildman–Crippen LogP) is 3.26. The Morgan fingerprint density at radius 1 is 1.32 bits per heavy atom. The molecule has 19 heavy (non-hydrogen) atoms. The van der Waals surface area contributed by atoms with Crippen molar-refractivity contribution < 1.29 is 9.90 Å². The Bertz CT molecular complexity index is 583. The molecule has 0 atom stereocenters. The quantitative estimate of drug-likeness (QED) is 0.915. The van der Waals surface area contributed by atoms with Gasteiger partial charge in [-0.1, -0.05) is 32.9 Å². The molecule has 0 bridgehead atoms. The normalized spacial score (nSPS) is 10.9. The fourth-order valence-electron chi connectivity index (χ4n) is 2.12. The zero-order chi connectivity index (χ0) is 14.0. The standard InChI is InChI=1S/C15H18N2O2/c1-4-14-13(15(18)19)9-16-17(14)12-7-5-11(6-8-12)10(2)3/h5-10H,4H2,1-3H3,(H,18,19). The second-order valence-corrected chi connectivity index (χ2v) is 4.82. The van der Waals surface area contributed by atoms with E-state index >= 15 is 0 Å². The molecule has 4 nitrogen and oxygen atoms in total. The van der Waals surface area contributed by atoms with Gasteiger partial charge in [0.1, 0.15) is 5.56 Å². The summed E-state index contributed by atoms with van der Waals surface area (Å²) in [7, 11) is 0. The molecule has 0 fully saturated rings. The molecular formula is C15H18N2O2. The lowest BCUT2D eigenvalue weighted by atomic mass is 10.0. The van der Waals surface area contributed by atoms with Gasteiger partial charge in [0.25, 0.3) is 0 Å². The summed E-state index contributed by atoms with van der Waals surface area (Å²) in [6.07, 6.45) is 2.05. The van der Waals surface area contributed by atoms with Gasteiger partial charge in [0.15, 0.2) is 0 Å². The number of aromatic nitrogens is 2. The van der Waals surface area contributed by atoms with Gasteiger partial charge in [-0.05, 0) is 30.0 Å². The predicted molar refractivity (Wildman–Crippen MR) is 74.0 cm³/mol. The lowest BCUT2D eigenvalue weighted by Crippen LogP contribution is -2.05. The fourth-order valence-corrected chi connectivity index (χ4v) is 2.12. The molecule has 4 heteroatoms. The number of nitrogens with zero attached hydrogens (tertiary/aromatic N) is 2. The van der Waals surface area contributed by atoms with Gasteiger partial charge < -0.3 is 5.11 Å². The number of benzene rings is 1. The highest BCUT2D eigenvalue weighted by molar-refractivity contribution is 5.88. The van der Waals surface area contributed by atoms with Crippen LogP contribution in [0.1, 0.15) is 48.3 Å². The number of carbonyl (C=O) groups is 1. The van der Waals surface area contributed by atoms with Gasteiger partial charge in [-0.25, -0.2) is 9.48 Å². The molecule has 0 aliphatic heterocycles.